The number of hydrogen-bond acceptors (Lipinski definition) is 2. The molecule has 3 atom stereocenters. The van der Waals surface area contributed by atoms with Crippen molar-refractivity contribution in [3.05, 3.63) is 11.1 Å². The van der Waals surface area contributed by atoms with Crippen LogP contribution in [0.15, 0.2) is 11.1 Å². The lowest BCUT2D eigenvalue weighted by Gasteiger charge is -2.46. The Hall–Kier alpha value is -0.340. The Bertz CT molecular complexity index is 269. The zero-order chi connectivity index (χ0) is 10.3. The van der Waals surface area contributed by atoms with E-state index in [-0.39, 0.29) is 17.6 Å². The molecule has 0 spiro atoms. The lowest BCUT2D eigenvalue weighted by Crippen LogP contribution is -2.42. The fraction of sp³-hybridized carbons (Fsp3) is 0.833. The fourth-order valence-corrected chi connectivity index (χ4v) is 3.10. The quantitative estimate of drug-likeness (QED) is 0.582. The van der Waals surface area contributed by atoms with Crippen LogP contribution in [0, 0.1) is 5.41 Å². The van der Waals surface area contributed by atoms with Gasteiger partial charge in [0.2, 0.25) is 0 Å². The molecule has 14 heavy (non-hydrogen) atoms. The molecule has 2 heteroatoms. The van der Waals surface area contributed by atoms with Gasteiger partial charge in [0.1, 0.15) is 0 Å². The smallest absolute Gasteiger partial charge is 0.0750 e. The SMILES string of the molecule is CC1=C2CCC[C@H](O)[C@@]2(C)CC[C@H]1O. The van der Waals surface area contributed by atoms with Crippen molar-refractivity contribution in [3.8, 4) is 0 Å². The minimum Gasteiger partial charge on any atom is -0.392 e. The summed E-state index contributed by atoms with van der Waals surface area (Å²) in [6.45, 7) is 4.18. The average molecular weight is 196 g/mol. The van der Waals surface area contributed by atoms with Crippen LogP contribution in [0.1, 0.15) is 46.0 Å². The molecular formula is C12H20O2. The van der Waals surface area contributed by atoms with E-state index in [1.165, 1.54) is 5.57 Å². The summed E-state index contributed by atoms with van der Waals surface area (Å²) < 4.78 is 0. The van der Waals surface area contributed by atoms with Crippen molar-refractivity contribution in [1.82, 2.24) is 0 Å². The van der Waals surface area contributed by atoms with Crippen molar-refractivity contribution < 1.29 is 10.2 Å². The van der Waals surface area contributed by atoms with Gasteiger partial charge in [0, 0.05) is 5.41 Å². The van der Waals surface area contributed by atoms with Crippen molar-refractivity contribution in [1.29, 1.82) is 0 Å². The highest BCUT2D eigenvalue weighted by Crippen LogP contribution is 2.49. The van der Waals surface area contributed by atoms with Crippen molar-refractivity contribution in [2.45, 2.75) is 58.2 Å². The molecule has 2 N–H and O–H groups in total. The van der Waals surface area contributed by atoms with Crippen molar-refractivity contribution in [2.24, 2.45) is 5.41 Å². The molecule has 0 heterocycles. The van der Waals surface area contributed by atoms with Crippen molar-refractivity contribution in [2.75, 3.05) is 0 Å². The Morgan fingerprint density at radius 2 is 2.00 bits per heavy atom. The van der Waals surface area contributed by atoms with E-state index < -0.39 is 0 Å². The third kappa shape index (κ3) is 1.32. The second-order valence-electron chi connectivity index (χ2n) is 5.04. The molecule has 0 radical (unpaired) electrons. The van der Waals surface area contributed by atoms with E-state index in [1.54, 1.807) is 0 Å². The second-order valence-corrected chi connectivity index (χ2v) is 5.04. The summed E-state index contributed by atoms with van der Waals surface area (Å²) in [4.78, 5) is 0. The van der Waals surface area contributed by atoms with Crippen LogP contribution < -0.4 is 0 Å². The monoisotopic (exact) mass is 196 g/mol. The van der Waals surface area contributed by atoms with Crippen LogP contribution in [-0.4, -0.2) is 22.4 Å². The van der Waals surface area contributed by atoms with Gasteiger partial charge in [0.25, 0.3) is 0 Å². The van der Waals surface area contributed by atoms with E-state index in [1.807, 2.05) is 6.92 Å². The maximum absolute atomic E-state index is 10.1. The molecule has 1 fully saturated rings. The van der Waals surface area contributed by atoms with Gasteiger partial charge in [-0.1, -0.05) is 12.5 Å². The highest BCUT2D eigenvalue weighted by Gasteiger charge is 2.43. The molecule has 0 saturated heterocycles. The largest absolute Gasteiger partial charge is 0.392 e. The molecule has 1 saturated carbocycles. The minimum atomic E-state index is -0.261. The van der Waals surface area contributed by atoms with Gasteiger partial charge in [0.15, 0.2) is 0 Å². The van der Waals surface area contributed by atoms with E-state index in [0.717, 1.165) is 37.7 Å². The molecule has 80 valence electrons. The molecule has 0 aromatic rings. The third-order valence-corrected chi connectivity index (χ3v) is 4.24. The molecular weight excluding hydrogens is 176 g/mol. The summed E-state index contributed by atoms with van der Waals surface area (Å²) in [5.41, 5.74) is 2.41. The third-order valence-electron chi connectivity index (χ3n) is 4.24. The van der Waals surface area contributed by atoms with Crippen LogP contribution in [0.5, 0.6) is 0 Å². The van der Waals surface area contributed by atoms with Gasteiger partial charge in [-0.05, 0) is 44.6 Å². The lowest BCUT2D eigenvalue weighted by molar-refractivity contribution is 0.0112. The summed E-state index contributed by atoms with van der Waals surface area (Å²) in [7, 11) is 0. The Balaban J connectivity index is 2.40. The Kier molecular flexibility index (Phi) is 2.44. The first-order valence-corrected chi connectivity index (χ1v) is 5.62. The fourth-order valence-electron chi connectivity index (χ4n) is 3.10. The van der Waals surface area contributed by atoms with Gasteiger partial charge < -0.3 is 10.2 Å². The molecule has 2 aliphatic rings. The zero-order valence-electron chi connectivity index (χ0n) is 9.08. The van der Waals surface area contributed by atoms with Crippen LogP contribution >= 0.6 is 0 Å². The van der Waals surface area contributed by atoms with Crippen molar-refractivity contribution in [3.63, 3.8) is 0 Å². The standard InChI is InChI=1S/C12H20O2/c1-8-9-4-3-5-11(14)12(9,2)7-6-10(8)13/h10-11,13-14H,3-7H2,1-2H3/t10-,11+,12+/m1/s1. The zero-order valence-corrected chi connectivity index (χ0v) is 9.08. The van der Waals surface area contributed by atoms with Crippen LogP contribution in [0.2, 0.25) is 0 Å². The summed E-state index contributed by atoms with van der Waals surface area (Å²) >= 11 is 0. The van der Waals surface area contributed by atoms with Gasteiger partial charge in [-0.15, -0.1) is 0 Å². The summed E-state index contributed by atoms with van der Waals surface area (Å²) in [6, 6.07) is 0. The lowest BCUT2D eigenvalue weighted by atomic mass is 9.62. The Labute approximate surface area is 85.6 Å². The summed E-state index contributed by atoms with van der Waals surface area (Å²) in [6.07, 6.45) is 4.33. The van der Waals surface area contributed by atoms with E-state index in [9.17, 15) is 10.2 Å². The van der Waals surface area contributed by atoms with E-state index in [2.05, 4.69) is 6.92 Å². The van der Waals surface area contributed by atoms with Crippen LogP contribution in [0.3, 0.4) is 0 Å². The second kappa shape index (κ2) is 3.35. The predicted molar refractivity (Wildman–Crippen MR) is 55.9 cm³/mol. The maximum atomic E-state index is 10.1. The van der Waals surface area contributed by atoms with Gasteiger partial charge in [-0.2, -0.15) is 0 Å². The number of aliphatic hydroxyl groups is 2. The topological polar surface area (TPSA) is 40.5 Å². The molecule has 0 amide bonds. The molecule has 0 unspecified atom stereocenters. The molecule has 2 aliphatic carbocycles. The summed E-state index contributed by atoms with van der Waals surface area (Å²) in [5, 5.41) is 19.8. The number of rotatable bonds is 0. The average Bonchev–Trinajstić information content (AvgIpc) is 2.16. The molecule has 2 nitrogen and oxygen atoms in total. The normalized spacial score (nSPS) is 43.7. The van der Waals surface area contributed by atoms with E-state index in [0.29, 0.717) is 0 Å². The molecule has 0 aromatic carbocycles. The molecule has 0 aromatic heterocycles. The highest BCUT2D eigenvalue weighted by molar-refractivity contribution is 5.29. The summed E-state index contributed by atoms with van der Waals surface area (Å²) in [5.74, 6) is 0. The van der Waals surface area contributed by atoms with Crippen LogP contribution in [-0.2, 0) is 0 Å². The predicted octanol–water partition coefficient (Wildman–Crippen LogP) is 2.01. The van der Waals surface area contributed by atoms with Crippen LogP contribution in [0.25, 0.3) is 0 Å². The minimum absolute atomic E-state index is 0.0401. The number of aliphatic hydroxyl groups excluding tert-OH is 2. The first kappa shape index (κ1) is 10.2. The number of fused-ring (bicyclic) bond motifs is 1. The maximum Gasteiger partial charge on any atom is 0.0750 e. The first-order chi connectivity index (χ1) is 6.55. The van der Waals surface area contributed by atoms with Crippen molar-refractivity contribution >= 4 is 0 Å². The molecule has 2 rings (SSSR count). The first-order valence-electron chi connectivity index (χ1n) is 5.62. The van der Waals surface area contributed by atoms with Crippen LogP contribution in [0.4, 0.5) is 0 Å². The Morgan fingerprint density at radius 3 is 2.71 bits per heavy atom. The van der Waals surface area contributed by atoms with Gasteiger partial charge in [0.05, 0.1) is 12.2 Å². The van der Waals surface area contributed by atoms with Gasteiger partial charge in [-0.3, -0.25) is 0 Å². The molecule has 0 aliphatic heterocycles. The number of hydrogen-bond donors (Lipinski definition) is 2. The highest BCUT2D eigenvalue weighted by atomic mass is 16.3. The Morgan fingerprint density at radius 1 is 1.29 bits per heavy atom. The molecule has 0 bridgehead atoms. The van der Waals surface area contributed by atoms with Gasteiger partial charge >= 0.3 is 0 Å². The van der Waals surface area contributed by atoms with E-state index in [4.69, 9.17) is 0 Å². The van der Waals surface area contributed by atoms with Gasteiger partial charge in [-0.25, -0.2) is 0 Å². The van der Waals surface area contributed by atoms with E-state index >= 15 is 0 Å².